The van der Waals surface area contributed by atoms with Crippen molar-refractivity contribution in [1.82, 2.24) is 4.90 Å². The Bertz CT molecular complexity index is 500. The highest BCUT2D eigenvalue weighted by Crippen LogP contribution is 2.48. The highest BCUT2D eigenvalue weighted by atomic mass is 16.4. The fourth-order valence-corrected chi connectivity index (χ4v) is 4.18. The lowest BCUT2D eigenvalue weighted by Crippen LogP contribution is -2.28. The van der Waals surface area contributed by atoms with Gasteiger partial charge in [0.15, 0.2) is 0 Å². The molecule has 0 amide bonds. The molecule has 3 nitrogen and oxygen atoms in total. The molecule has 0 aliphatic heterocycles. The quantitative estimate of drug-likeness (QED) is 0.895. The number of carboxylic acids is 1. The predicted octanol–water partition coefficient (Wildman–Crippen LogP) is 3.25. The zero-order valence-electron chi connectivity index (χ0n) is 12.1. The SMILES string of the molecule is CN(Cc1cccc(C(=O)O)c1)CC1CC2CCC1C2. The topological polar surface area (TPSA) is 40.5 Å². The molecule has 108 valence electrons. The lowest BCUT2D eigenvalue weighted by Gasteiger charge is -2.27. The van der Waals surface area contributed by atoms with Crippen LogP contribution in [-0.4, -0.2) is 29.6 Å². The fraction of sp³-hybridized carbons (Fsp3) is 0.588. The Morgan fingerprint density at radius 3 is 2.85 bits per heavy atom. The Balaban J connectivity index is 1.57. The van der Waals surface area contributed by atoms with Crippen molar-refractivity contribution in [3.05, 3.63) is 35.4 Å². The van der Waals surface area contributed by atoms with E-state index in [9.17, 15) is 4.79 Å². The maximum Gasteiger partial charge on any atom is 0.335 e. The number of fused-ring (bicyclic) bond motifs is 2. The third-order valence-electron chi connectivity index (χ3n) is 5.06. The van der Waals surface area contributed by atoms with E-state index >= 15 is 0 Å². The number of nitrogens with zero attached hydrogens (tertiary/aromatic N) is 1. The number of hydrogen-bond donors (Lipinski definition) is 1. The van der Waals surface area contributed by atoms with E-state index in [2.05, 4.69) is 11.9 Å². The third kappa shape index (κ3) is 2.88. The molecule has 1 N–H and O–H groups in total. The first-order valence-corrected chi connectivity index (χ1v) is 7.62. The molecule has 0 radical (unpaired) electrons. The van der Waals surface area contributed by atoms with Crippen LogP contribution in [0.1, 0.15) is 41.6 Å². The number of carbonyl (C=O) groups is 1. The standard InChI is InChI=1S/C17H23NO2/c1-18(11-16-8-12-5-6-14(16)7-12)10-13-3-2-4-15(9-13)17(19)20/h2-4,9,12,14,16H,5-8,10-11H2,1H3,(H,19,20). The van der Waals surface area contributed by atoms with Crippen LogP contribution in [0, 0.1) is 17.8 Å². The van der Waals surface area contributed by atoms with Crippen LogP contribution in [0.3, 0.4) is 0 Å². The molecule has 20 heavy (non-hydrogen) atoms. The maximum absolute atomic E-state index is 11.0. The number of aromatic carboxylic acids is 1. The van der Waals surface area contributed by atoms with Gasteiger partial charge in [0.25, 0.3) is 0 Å². The Morgan fingerprint density at radius 2 is 2.20 bits per heavy atom. The lowest BCUT2D eigenvalue weighted by atomic mass is 9.88. The molecule has 2 fully saturated rings. The van der Waals surface area contributed by atoms with Gasteiger partial charge in [-0.15, -0.1) is 0 Å². The third-order valence-corrected chi connectivity index (χ3v) is 5.06. The van der Waals surface area contributed by atoms with Gasteiger partial charge in [-0.1, -0.05) is 18.6 Å². The highest BCUT2D eigenvalue weighted by molar-refractivity contribution is 5.87. The Hall–Kier alpha value is -1.35. The molecule has 3 atom stereocenters. The van der Waals surface area contributed by atoms with E-state index in [4.69, 9.17) is 5.11 Å². The number of carboxylic acid groups (broad SMARTS) is 1. The van der Waals surface area contributed by atoms with Crippen molar-refractivity contribution in [2.45, 2.75) is 32.2 Å². The zero-order valence-corrected chi connectivity index (χ0v) is 12.1. The van der Waals surface area contributed by atoms with Crippen LogP contribution < -0.4 is 0 Å². The van der Waals surface area contributed by atoms with Gasteiger partial charge in [-0.05, 0) is 61.8 Å². The van der Waals surface area contributed by atoms with E-state index in [-0.39, 0.29) is 0 Å². The second-order valence-electron chi connectivity index (χ2n) is 6.64. The summed E-state index contributed by atoms with van der Waals surface area (Å²) >= 11 is 0. The molecule has 1 aromatic carbocycles. The van der Waals surface area contributed by atoms with Crippen LogP contribution in [0.15, 0.2) is 24.3 Å². The summed E-state index contributed by atoms with van der Waals surface area (Å²) in [5.74, 6) is 1.96. The van der Waals surface area contributed by atoms with E-state index in [1.165, 1.54) is 25.7 Å². The molecule has 0 aromatic heterocycles. The van der Waals surface area contributed by atoms with Crippen LogP contribution in [0.25, 0.3) is 0 Å². The summed E-state index contributed by atoms with van der Waals surface area (Å²) < 4.78 is 0. The monoisotopic (exact) mass is 273 g/mol. The van der Waals surface area contributed by atoms with E-state index in [0.717, 1.165) is 36.4 Å². The van der Waals surface area contributed by atoms with Crippen LogP contribution in [0.4, 0.5) is 0 Å². The van der Waals surface area contributed by atoms with Crippen molar-refractivity contribution in [1.29, 1.82) is 0 Å². The molecule has 0 heterocycles. The van der Waals surface area contributed by atoms with E-state index < -0.39 is 5.97 Å². The Morgan fingerprint density at radius 1 is 1.35 bits per heavy atom. The molecule has 3 rings (SSSR count). The molecular formula is C17H23NO2. The average molecular weight is 273 g/mol. The van der Waals surface area contributed by atoms with Crippen molar-refractivity contribution in [2.24, 2.45) is 17.8 Å². The molecule has 0 spiro atoms. The van der Waals surface area contributed by atoms with Crippen molar-refractivity contribution in [2.75, 3.05) is 13.6 Å². The van der Waals surface area contributed by atoms with Gasteiger partial charge in [0.2, 0.25) is 0 Å². The molecule has 3 unspecified atom stereocenters. The molecule has 1 aromatic rings. The maximum atomic E-state index is 11.0. The highest BCUT2D eigenvalue weighted by Gasteiger charge is 2.39. The first kappa shape index (κ1) is 13.6. The van der Waals surface area contributed by atoms with Crippen molar-refractivity contribution in [3.8, 4) is 0 Å². The first-order valence-electron chi connectivity index (χ1n) is 7.62. The molecule has 2 aliphatic carbocycles. The normalized spacial score (nSPS) is 28.2. The Kier molecular flexibility index (Phi) is 3.79. The minimum atomic E-state index is -0.845. The zero-order chi connectivity index (χ0) is 14.1. The number of rotatable bonds is 5. The van der Waals surface area contributed by atoms with Gasteiger partial charge in [0.05, 0.1) is 5.56 Å². The average Bonchev–Trinajstić information content (AvgIpc) is 3.01. The summed E-state index contributed by atoms with van der Waals surface area (Å²) in [4.78, 5) is 13.3. The van der Waals surface area contributed by atoms with Crippen molar-refractivity contribution < 1.29 is 9.90 Å². The van der Waals surface area contributed by atoms with Gasteiger partial charge in [-0.25, -0.2) is 4.79 Å². The summed E-state index contributed by atoms with van der Waals surface area (Å²) in [7, 11) is 2.15. The van der Waals surface area contributed by atoms with Gasteiger partial charge in [0, 0.05) is 13.1 Å². The predicted molar refractivity (Wildman–Crippen MR) is 78.7 cm³/mol. The van der Waals surface area contributed by atoms with Gasteiger partial charge in [-0.3, -0.25) is 0 Å². The van der Waals surface area contributed by atoms with Crippen molar-refractivity contribution >= 4 is 5.97 Å². The van der Waals surface area contributed by atoms with Gasteiger partial charge >= 0.3 is 5.97 Å². The van der Waals surface area contributed by atoms with E-state index in [1.807, 2.05) is 12.1 Å². The molecule has 2 saturated carbocycles. The van der Waals surface area contributed by atoms with Gasteiger partial charge in [-0.2, -0.15) is 0 Å². The molecule has 3 heteroatoms. The summed E-state index contributed by atoms with van der Waals surface area (Å²) in [5, 5.41) is 9.03. The molecule has 2 aliphatic rings. The van der Waals surface area contributed by atoms with Gasteiger partial charge in [0.1, 0.15) is 0 Å². The second kappa shape index (κ2) is 5.57. The molecule has 2 bridgehead atoms. The summed E-state index contributed by atoms with van der Waals surface area (Å²) in [5.41, 5.74) is 1.48. The van der Waals surface area contributed by atoms with Crippen molar-refractivity contribution in [3.63, 3.8) is 0 Å². The minimum Gasteiger partial charge on any atom is -0.478 e. The van der Waals surface area contributed by atoms with Crippen LogP contribution in [0.5, 0.6) is 0 Å². The smallest absolute Gasteiger partial charge is 0.335 e. The van der Waals surface area contributed by atoms with Crippen LogP contribution in [-0.2, 0) is 6.54 Å². The lowest BCUT2D eigenvalue weighted by molar-refractivity contribution is 0.0696. The van der Waals surface area contributed by atoms with Gasteiger partial charge < -0.3 is 10.0 Å². The molecule has 0 saturated heterocycles. The van der Waals surface area contributed by atoms with Crippen LogP contribution >= 0.6 is 0 Å². The second-order valence-corrected chi connectivity index (χ2v) is 6.64. The Labute approximate surface area is 120 Å². The minimum absolute atomic E-state index is 0.385. The van der Waals surface area contributed by atoms with E-state index in [1.54, 1.807) is 12.1 Å². The molecular weight excluding hydrogens is 250 g/mol. The summed E-state index contributed by atoms with van der Waals surface area (Å²) in [6, 6.07) is 7.30. The largest absolute Gasteiger partial charge is 0.478 e. The number of hydrogen-bond acceptors (Lipinski definition) is 2. The first-order chi connectivity index (χ1) is 9.61. The fourth-order valence-electron chi connectivity index (χ4n) is 4.18. The van der Waals surface area contributed by atoms with Crippen LogP contribution in [0.2, 0.25) is 0 Å². The summed E-state index contributed by atoms with van der Waals surface area (Å²) in [6.07, 6.45) is 5.74. The van der Waals surface area contributed by atoms with E-state index in [0.29, 0.717) is 5.56 Å². The summed E-state index contributed by atoms with van der Waals surface area (Å²) in [6.45, 7) is 1.99. The number of benzene rings is 1.